The molecule has 1 aromatic carbocycles. The average Bonchev–Trinajstić information content (AvgIpc) is 3.40. The molecule has 1 N–H and O–H groups in total. The molecule has 0 spiro atoms. The Morgan fingerprint density at radius 1 is 0.879 bits per heavy atom. The van der Waals surface area contributed by atoms with Crippen LogP contribution in [-0.2, 0) is 28.7 Å². The van der Waals surface area contributed by atoms with Gasteiger partial charge in [0.25, 0.3) is 0 Å². The van der Waals surface area contributed by atoms with Gasteiger partial charge in [0.2, 0.25) is 5.91 Å². The Morgan fingerprint density at radius 3 is 2.19 bits per heavy atom. The van der Waals surface area contributed by atoms with E-state index in [1.807, 2.05) is 52.0 Å². The molecule has 4 fully saturated rings. The summed E-state index contributed by atoms with van der Waals surface area (Å²) in [5.41, 5.74) is 1.01. The number of Topliss-reactive ketones (excluding diaryl/α,β-unsaturated/α-hetero) is 1. The molecule has 0 saturated heterocycles. The third-order valence-electron chi connectivity index (χ3n) is 16.5. The number of ether oxygens (including phenoxy) is 2. The summed E-state index contributed by atoms with van der Waals surface area (Å²) in [5.74, 6) is 0.595. The normalized spacial score (nSPS) is 35.1. The van der Waals surface area contributed by atoms with Gasteiger partial charge in [0.15, 0.2) is 5.78 Å². The minimum atomic E-state index is -0.983. The van der Waals surface area contributed by atoms with E-state index in [9.17, 15) is 19.2 Å². The van der Waals surface area contributed by atoms with E-state index in [-0.39, 0.29) is 75.7 Å². The molecule has 5 aliphatic carbocycles. The Hall–Kier alpha value is -2.93. The highest BCUT2D eigenvalue weighted by molar-refractivity contribution is 6.31. The van der Waals surface area contributed by atoms with Gasteiger partial charge in [-0.1, -0.05) is 84.3 Å². The number of esters is 2. The van der Waals surface area contributed by atoms with E-state index in [1.54, 1.807) is 19.9 Å². The fourth-order valence-corrected chi connectivity index (χ4v) is 13.8. The maximum absolute atomic E-state index is 14.1. The summed E-state index contributed by atoms with van der Waals surface area (Å²) in [4.78, 5) is 54.1. The van der Waals surface area contributed by atoms with Crippen LogP contribution in [0.4, 0.5) is 0 Å². The van der Waals surface area contributed by atoms with Gasteiger partial charge >= 0.3 is 11.9 Å². The van der Waals surface area contributed by atoms with Gasteiger partial charge in [-0.25, -0.2) is 0 Å². The number of carbonyl (C=O) groups excluding carboxylic acids is 4. The van der Waals surface area contributed by atoms with E-state index in [0.29, 0.717) is 23.3 Å². The molecule has 1 aromatic rings. The minimum Gasteiger partial charge on any atom is -0.462 e. The fraction of sp³-hybridized carbons (Fsp3) is 0.720. The predicted molar refractivity (Wildman–Crippen MR) is 231 cm³/mol. The van der Waals surface area contributed by atoms with Gasteiger partial charge in [-0.05, 0) is 162 Å². The van der Waals surface area contributed by atoms with E-state index in [2.05, 4.69) is 59.9 Å². The van der Waals surface area contributed by atoms with Crippen molar-refractivity contribution in [2.45, 2.75) is 172 Å². The summed E-state index contributed by atoms with van der Waals surface area (Å²) in [5, 5.41) is 3.75. The van der Waals surface area contributed by atoms with Crippen molar-refractivity contribution < 1.29 is 28.7 Å². The smallest absolute Gasteiger partial charge is 0.312 e. The standard InChI is InChI=1S/C50H72ClNO6/c1-30(2)41-35(53)28-50(25-22-39(54)52-31(3)32-16-14-15-17-34(32)51)27-26-48(12)33(42(41)50)18-19-37-47(11)23-21-38(46(9,10)36(47)20-24-49(37,48)13)57-40(55)29-45(7,8)43(56)58-44(4,5)6/h14-17,22,25,30-31,33,36-38H,18-21,23-24,26-29H2,1-13H3,(H,52,54)/b25-22+/t31-,33-,36+,37-,38+,47+,48-,49-,50+/m1/s1. The number of rotatable bonds is 9. The first-order chi connectivity index (χ1) is 26.7. The van der Waals surface area contributed by atoms with Gasteiger partial charge in [-0.3, -0.25) is 19.2 Å². The van der Waals surface area contributed by atoms with Crippen molar-refractivity contribution in [2.24, 2.45) is 56.2 Å². The Morgan fingerprint density at radius 2 is 1.55 bits per heavy atom. The third kappa shape index (κ3) is 7.55. The summed E-state index contributed by atoms with van der Waals surface area (Å²) < 4.78 is 12.0. The van der Waals surface area contributed by atoms with Crippen molar-refractivity contribution >= 4 is 35.2 Å². The van der Waals surface area contributed by atoms with Crippen molar-refractivity contribution in [2.75, 3.05) is 0 Å². The molecule has 4 saturated carbocycles. The number of carbonyl (C=O) groups is 4. The molecule has 5 aliphatic rings. The molecule has 1 amide bonds. The van der Waals surface area contributed by atoms with Crippen LogP contribution in [0.5, 0.6) is 0 Å². The summed E-state index contributed by atoms with van der Waals surface area (Å²) in [6.45, 7) is 27.6. The molecule has 7 nitrogen and oxygen atoms in total. The number of fused-ring (bicyclic) bond motifs is 7. The first kappa shape index (κ1) is 44.6. The molecular formula is C50H72ClNO6. The lowest BCUT2D eigenvalue weighted by atomic mass is 9.33. The number of halogens is 1. The van der Waals surface area contributed by atoms with Gasteiger partial charge in [0.05, 0.1) is 17.9 Å². The van der Waals surface area contributed by atoms with Crippen LogP contribution in [0.15, 0.2) is 47.6 Å². The third-order valence-corrected chi connectivity index (χ3v) is 16.9. The molecule has 0 heterocycles. The van der Waals surface area contributed by atoms with Crippen LogP contribution in [0.25, 0.3) is 0 Å². The van der Waals surface area contributed by atoms with Crippen molar-refractivity contribution in [1.29, 1.82) is 0 Å². The second-order valence-corrected chi connectivity index (χ2v) is 22.7. The number of hydrogen-bond donors (Lipinski definition) is 1. The number of amides is 1. The van der Waals surface area contributed by atoms with Crippen LogP contribution in [0.1, 0.15) is 166 Å². The Balaban J connectivity index is 1.23. The molecule has 6 rings (SSSR count). The molecule has 8 heteroatoms. The van der Waals surface area contributed by atoms with Crippen molar-refractivity contribution in [3.63, 3.8) is 0 Å². The summed E-state index contributed by atoms with van der Waals surface area (Å²) in [7, 11) is 0. The summed E-state index contributed by atoms with van der Waals surface area (Å²) in [6.07, 6.45) is 11.9. The van der Waals surface area contributed by atoms with Crippen molar-refractivity contribution in [3.8, 4) is 0 Å². The number of ketones is 1. The lowest BCUT2D eigenvalue weighted by Gasteiger charge is -2.72. The number of allylic oxidation sites excluding steroid dienone is 3. The molecule has 0 unspecified atom stereocenters. The zero-order valence-corrected chi connectivity index (χ0v) is 38.6. The number of nitrogens with one attached hydrogen (secondary N) is 1. The zero-order chi connectivity index (χ0) is 43.0. The van der Waals surface area contributed by atoms with Crippen molar-refractivity contribution in [1.82, 2.24) is 5.32 Å². The molecule has 0 bridgehead atoms. The lowest BCUT2D eigenvalue weighted by molar-refractivity contribution is -0.232. The van der Waals surface area contributed by atoms with Gasteiger partial charge in [0, 0.05) is 22.3 Å². The second-order valence-electron chi connectivity index (χ2n) is 22.3. The van der Waals surface area contributed by atoms with Crippen LogP contribution in [0, 0.1) is 56.2 Å². The minimum absolute atomic E-state index is 0.0110. The first-order valence-electron chi connectivity index (χ1n) is 22.2. The number of hydrogen-bond acceptors (Lipinski definition) is 6. The van der Waals surface area contributed by atoms with E-state index in [0.717, 1.165) is 62.5 Å². The molecular weight excluding hydrogens is 746 g/mol. The van der Waals surface area contributed by atoms with Crippen LogP contribution >= 0.6 is 11.6 Å². The largest absolute Gasteiger partial charge is 0.462 e. The molecule has 9 atom stereocenters. The topological polar surface area (TPSA) is 98.8 Å². The Kier molecular flexibility index (Phi) is 11.7. The second kappa shape index (κ2) is 15.2. The highest BCUT2D eigenvalue weighted by Gasteiger charge is 2.70. The van der Waals surface area contributed by atoms with Gasteiger partial charge in [0.1, 0.15) is 11.7 Å². The van der Waals surface area contributed by atoms with Crippen LogP contribution in [-0.4, -0.2) is 35.3 Å². The Bertz CT molecular complexity index is 1880. The molecule has 0 radical (unpaired) electrons. The molecule has 0 aromatic heterocycles. The maximum atomic E-state index is 14.1. The SMILES string of the molecule is CC(C)C1=C2[C@H]3CC[C@@H]4[C@@]5(C)CC[C@H](OC(=O)CC(C)(C)C(=O)OC(C)(C)C)C(C)(C)[C@@H]5CC[C@@]4(C)[C@]3(C)CC[C@@]2(/C=C/C(=O)N[C@H](C)c2ccccc2Cl)CC1=O. The van der Waals surface area contributed by atoms with E-state index in [4.69, 9.17) is 21.1 Å². The van der Waals surface area contributed by atoms with Crippen LogP contribution in [0.2, 0.25) is 5.02 Å². The highest BCUT2D eigenvalue weighted by atomic mass is 35.5. The van der Waals surface area contributed by atoms with E-state index < -0.39 is 16.4 Å². The van der Waals surface area contributed by atoms with E-state index >= 15 is 0 Å². The molecule has 58 heavy (non-hydrogen) atoms. The fourth-order valence-electron chi connectivity index (χ4n) is 13.5. The summed E-state index contributed by atoms with van der Waals surface area (Å²) >= 11 is 6.46. The quantitative estimate of drug-likeness (QED) is 0.197. The van der Waals surface area contributed by atoms with Gasteiger partial charge < -0.3 is 14.8 Å². The van der Waals surface area contributed by atoms with Crippen molar-refractivity contribution in [3.05, 3.63) is 58.1 Å². The lowest BCUT2D eigenvalue weighted by Crippen LogP contribution is -2.65. The van der Waals surface area contributed by atoms with Gasteiger partial charge in [-0.2, -0.15) is 0 Å². The average molecular weight is 819 g/mol. The maximum Gasteiger partial charge on any atom is 0.312 e. The first-order valence-corrected chi connectivity index (χ1v) is 22.5. The monoisotopic (exact) mass is 818 g/mol. The summed E-state index contributed by atoms with van der Waals surface area (Å²) in [6, 6.07) is 7.34. The molecule has 0 aliphatic heterocycles. The van der Waals surface area contributed by atoms with Gasteiger partial charge in [-0.15, -0.1) is 0 Å². The van der Waals surface area contributed by atoms with Crippen LogP contribution < -0.4 is 5.32 Å². The highest BCUT2D eigenvalue weighted by Crippen LogP contribution is 2.77. The Labute approximate surface area is 354 Å². The number of benzene rings is 1. The van der Waals surface area contributed by atoms with E-state index in [1.165, 1.54) is 5.57 Å². The zero-order valence-electron chi connectivity index (χ0n) is 37.8. The van der Waals surface area contributed by atoms with Crippen LogP contribution in [0.3, 0.4) is 0 Å². The molecule has 320 valence electrons. The predicted octanol–water partition coefficient (Wildman–Crippen LogP) is 11.7.